The number of hydrogen-bond acceptors (Lipinski definition) is 1. The largest absolute Gasteiger partial charge is 0.416 e. The fourth-order valence-electron chi connectivity index (χ4n) is 2.69. The quantitative estimate of drug-likeness (QED) is 0.624. The summed E-state index contributed by atoms with van der Waals surface area (Å²) in [5, 5.41) is 3.37. The van der Waals surface area contributed by atoms with Gasteiger partial charge in [-0.25, -0.2) is 0 Å². The Kier molecular flexibility index (Phi) is 5.14. The lowest BCUT2D eigenvalue weighted by molar-refractivity contribution is -0.137. The number of benzene rings is 1. The molecule has 1 aromatic carbocycles. The van der Waals surface area contributed by atoms with E-state index in [0.29, 0.717) is 22.0 Å². The van der Waals surface area contributed by atoms with E-state index in [4.69, 9.17) is 11.6 Å². The topological polar surface area (TPSA) is 12.0 Å². The highest BCUT2D eigenvalue weighted by molar-refractivity contribution is 9.10. The summed E-state index contributed by atoms with van der Waals surface area (Å²) >= 11 is 9.36. The molecule has 0 spiro atoms. The molecule has 0 heterocycles. The van der Waals surface area contributed by atoms with Crippen molar-refractivity contribution in [3.8, 4) is 0 Å². The Morgan fingerprint density at radius 3 is 2.43 bits per heavy atom. The van der Waals surface area contributed by atoms with Crippen LogP contribution in [0.4, 0.5) is 18.9 Å². The SMILES string of the molecule is CC1CCC(CCl)(Nc2ccc(C(F)(F)F)cc2Br)CC1. The molecule has 1 aliphatic carbocycles. The first-order chi connectivity index (χ1) is 9.76. The smallest absolute Gasteiger partial charge is 0.377 e. The first-order valence-electron chi connectivity index (χ1n) is 6.97. The molecule has 0 saturated heterocycles. The van der Waals surface area contributed by atoms with Gasteiger partial charge in [0.05, 0.1) is 11.1 Å². The van der Waals surface area contributed by atoms with Crippen LogP contribution in [0.1, 0.15) is 38.2 Å². The molecule has 1 aliphatic rings. The standard InChI is InChI=1S/C15H18BrClF3N/c1-10-4-6-14(9-17,7-5-10)21-13-3-2-11(8-12(13)16)15(18,19)20/h2-3,8,10,21H,4-7,9H2,1H3. The molecule has 1 aromatic rings. The van der Waals surface area contributed by atoms with Crippen molar-refractivity contribution in [3.05, 3.63) is 28.2 Å². The van der Waals surface area contributed by atoms with Crippen LogP contribution in [0.3, 0.4) is 0 Å². The fraction of sp³-hybridized carbons (Fsp3) is 0.600. The number of halogens is 5. The monoisotopic (exact) mass is 383 g/mol. The molecule has 0 radical (unpaired) electrons. The number of anilines is 1. The normalized spacial score (nSPS) is 26.7. The average Bonchev–Trinajstić information content (AvgIpc) is 2.43. The van der Waals surface area contributed by atoms with Gasteiger partial charge >= 0.3 is 6.18 Å². The molecule has 1 saturated carbocycles. The number of rotatable bonds is 3. The second-order valence-electron chi connectivity index (χ2n) is 5.91. The molecule has 21 heavy (non-hydrogen) atoms. The third-order valence-electron chi connectivity index (χ3n) is 4.18. The van der Waals surface area contributed by atoms with Gasteiger partial charge in [-0.1, -0.05) is 6.92 Å². The van der Waals surface area contributed by atoms with Gasteiger partial charge in [-0.05, 0) is 65.7 Å². The molecule has 0 amide bonds. The van der Waals surface area contributed by atoms with Crippen LogP contribution >= 0.6 is 27.5 Å². The lowest BCUT2D eigenvalue weighted by atomic mass is 9.78. The molecule has 2 rings (SSSR count). The second kappa shape index (κ2) is 6.37. The Hall–Kier alpha value is -0.420. The zero-order valence-corrected chi connectivity index (χ0v) is 14.1. The van der Waals surface area contributed by atoms with Crippen molar-refractivity contribution >= 4 is 33.2 Å². The summed E-state index contributed by atoms with van der Waals surface area (Å²) in [6.45, 7) is 2.21. The molecule has 1 nitrogen and oxygen atoms in total. The van der Waals surface area contributed by atoms with Crippen molar-refractivity contribution in [1.82, 2.24) is 0 Å². The molecule has 0 aliphatic heterocycles. The molecule has 0 unspecified atom stereocenters. The zero-order chi connectivity index (χ0) is 15.7. The third-order valence-corrected chi connectivity index (χ3v) is 5.35. The van der Waals surface area contributed by atoms with Crippen LogP contribution in [0, 0.1) is 5.92 Å². The van der Waals surface area contributed by atoms with Gasteiger partial charge in [0, 0.05) is 16.0 Å². The molecular formula is C15H18BrClF3N. The van der Waals surface area contributed by atoms with Crippen LogP contribution < -0.4 is 5.32 Å². The van der Waals surface area contributed by atoms with E-state index in [1.807, 2.05) is 0 Å². The molecule has 0 bridgehead atoms. The minimum Gasteiger partial charge on any atom is -0.377 e. The Morgan fingerprint density at radius 2 is 1.95 bits per heavy atom. The third kappa shape index (κ3) is 4.07. The summed E-state index contributed by atoms with van der Waals surface area (Å²) in [7, 11) is 0. The van der Waals surface area contributed by atoms with Crippen molar-refractivity contribution < 1.29 is 13.2 Å². The van der Waals surface area contributed by atoms with E-state index in [1.165, 1.54) is 6.07 Å². The van der Waals surface area contributed by atoms with Crippen LogP contribution in [-0.2, 0) is 6.18 Å². The van der Waals surface area contributed by atoms with Gasteiger partial charge in [0.15, 0.2) is 0 Å². The number of alkyl halides is 4. The van der Waals surface area contributed by atoms with Crippen LogP contribution in [-0.4, -0.2) is 11.4 Å². The van der Waals surface area contributed by atoms with Crippen molar-refractivity contribution in [2.75, 3.05) is 11.2 Å². The van der Waals surface area contributed by atoms with Crippen LogP contribution in [0.5, 0.6) is 0 Å². The fourth-order valence-corrected chi connectivity index (χ4v) is 3.50. The minimum absolute atomic E-state index is 0.226. The first kappa shape index (κ1) is 16.9. The molecule has 0 atom stereocenters. The highest BCUT2D eigenvalue weighted by atomic mass is 79.9. The maximum atomic E-state index is 12.7. The van der Waals surface area contributed by atoms with Gasteiger partial charge in [0.2, 0.25) is 0 Å². The van der Waals surface area contributed by atoms with Gasteiger partial charge in [-0.3, -0.25) is 0 Å². The summed E-state index contributed by atoms with van der Waals surface area (Å²) in [5.74, 6) is 1.13. The Bertz CT molecular complexity index is 496. The summed E-state index contributed by atoms with van der Waals surface area (Å²) in [6, 6.07) is 3.68. The molecule has 6 heteroatoms. The van der Waals surface area contributed by atoms with Crippen LogP contribution in [0.25, 0.3) is 0 Å². The lowest BCUT2D eigenvalue weighted by Crippen LogP contribution is -2.43. The summed E-state index contributed by atoms with van der Waals surface area (Å²) < 4.78 is 38.5. The minimum atomic E-state index is -4.33. The second-order valence-corrected chi connectivity index (χ2v) is 7.04. The van der Waals surface area contributed by atoms with Gasteiger partial charge in [0.25, 0.3) is 0 Å². The van der Waals surface area contributed by atoms with E-state index >= 15 is 0 Å². The van der Waals surface area contributed by atoms with Crippen molar-refractivity contribution in [1.29, 1.82) is 0 Å². The maximum Gasteiger partial charge on any atom is 0.416 e. The maximum absolute atomic E-state index is 12.7. The van der Waals surface area contributed by atoms with Crippen molar-refractivity contribution in [3.63, 3.8) is 0 Å². The number of hydrogen-bond donors (Lipinski definition) is 1. The van der Waals surface area contributed by atoms with E-state index in [9.17, 15) is 13.2 Å². The van der Waals surface area contributed by atoms with E-state index < -0.39 is 11.7 Å². The molecule has 1 fully saturated rings. The zero-order valence-electron chi connectivity index (χ0n) is 11.7. The summed E-state index contributed by atoms with van der Waals surface area (Å²) in [4.78, 5) is 0. The van der Waals surface area contributed by atoms with Gasteiger partial charge in [0.1, 0.15) is 0 Å². The van der Waals surface area contributed by atoms with E-state index in [1.54, 1.807) is 0 Å². The van der Waals surface area contributed by atoms with Gasteiger partial charge in [-0.15, -0.1) is 11.6 Å². The van der Waals surface area contributed by atoms with E-state index in [0.717, 1.165) is 37.8 Å². The average molecular weight is 385 g/mol. The Labute approximate surface area is 136 Å². The molecule has 0 aromatic heterocycles. The highest BCUT2D eigenvalue weighted by Gasteiger charge is 2.35. The van der Waals surface area contributed by atoms with E-state index in [-0.39, 0.29) is 5.54 Å². The molecular weight excluding hydrogens is 367 g/mol. The lowest BCUT2D eigenvalue weighted by Gasteiger charge is -2.40. The van der Waals surface area contributed by atoms with Crippen LogP contribution in [0.2, 0.25) is 0 Å². The van der Waals surface area contributed by atoms with E-state index in [2.05, 4.69) is 28.2 Å². The molecule has 1 N–H and O–H groups in total. The van der Waals surface area contributed by atoms with Crippen LogP contribution in [0.15, 0.2) is 22.7 Å². The summed E-state index contributed by atoms with van der Waals surface area (Å²) in [6.07, 6.45) is -0.294. The highest BCUT2D eigenvalue weighted by Crippen LogP contribution is 2.39. The summed E-state index contributed by atoms with van der Waals surface area (Å²) in [5.41, 5.74) is -0.216. The van der Waals surface area contributed by atoms with Crippen molar-refractivity contribution in [2.24, 2.45) is 5.92 Å². The van der Waals surface area contributed by atoms with Gasteiger partial charge < -0.3 is 5.32 Å². The number of nitrogens with one attached hydrogen (secondary N) is 1. The Balaban J connectivity index is 2.19. The van der Waals surface area contributed by atoms with Gasteiger partial charge in [-0.2, -0.15) is 13.2 Å². The Morgan fingerprint density at radius 1 is 1.33 bits per heavy atom. The predicted octanol–water partition coefficient (Wildman–Crippen LogP) is 6.07. The predicted molar refractivity (Wildman–Crippen MR) is 83.8 cm³/mol. The van der Waals surface area contributed by atoms with Crippen molar-refractivity contribution in [2.45, 2.75) is 44.3 Å². The first-order valence-corrected chi connectivity index (χ1v) is 8.29. The molecule has 118 valence electrons.